The maximum atomic E-state index is 14.4. The highest BCUT2D eigenvalue weighted by atomic mass is 35.5. The van der Waals surface area contributed by atoms with Crippen molar-refractivity contribution in [1.29, 1.82) is 0 Å². The first-order chi connectivity index (χ1) is 20.5. The zero-order valence-electron chi connectivity index (χ0n) is 23.9. The predicted octanol–water partition coefficient (Wildman–Crippen LogP) is 6.35. The van der Waals surface area contributed by atoms with Gasteiger partial charge in [-0.3, -0.25) is 13.9 Å². The zero-order valence-corrected chi connectivity index (χ0v) is 26.2. The van der Waals surface area contributed by atoms with Crippen LogP contribution in [0.15, 0.2) is 114 Å². The first kappa shape index (κ1) is 32.1. The summed E-state index contributed by atoms with van der Waals surface area (Å²) in [7, 11) is -4.18. The van der Waals surface area contributed by atoms with Gasteiger partial charge in [-0.05, 0) is 73.5 Å². The molecule has 0 bridgehead atoms. The van der Waals surface area contributed by atoms with E-state index in [1.807, 2.05) is 50.2 Å². The molecule has 1 N–H and O–H groups in total. The summed E-state index contributed by atoms with van der Waals surface area (Å²) >= 11 is 12.4. The Morgan fingerprint density at radius 2 is 1.37 bits per heavy atom. The highest BCUT2D eigenvalue weighted by Crippen LogP contribution is 2.26. The summed E-state index contributed by atoms with van der Waals surface area (Å²) in [5.41, 5.74) is 1.80. The molecule has 0 aliphatic rings. The van der Waals surface area contributed by atoms with Gasteiger partial charge >= 0.3 is 0 Å². The van der Waals surface area contributed by atoms with Crippen molar-refractivity contribution in [3.63, 3.8) is 0 Å². The van der Waals surface area contributed by atoms with Crippen LogP contribution in [0.5, 0.6) is 0 Å². The fourth-order valence-corrected chi connectivity index (χ4v) is 6.40. The van der Waals surface area contributed by atoms with Gasteiger partial charge in [-0.2, -0.15) is 0 Å². The minimum atomic E-state index is -4.18. The van der Waals surface area contributed by atoms with Gasteiger partial charge in [-0.15, -0.1) is 0 Å². The average molecular weight is 639 g/mol. The molecule has 7 nitrogen and oxygen atoms in total. The van der Waals surface area contributed by atoms with Crippen molar-refractivity contribution in [2.24, 2.45) is 0 Å². The van der Waals surface area contributed by atoms with Gasteiger partial charge in [0.2, 0.25) is 11.8 Å². The molecule has 0 spiro atoms. The molecule has 1 unspecified atom stereocenters. The number of anilines is 1. The van der Waals surface area contributed by atoms with E-state index in [1.165, 1.54) is 17.0 Å². The molecular weight excluding hydrogens is 605 g/mol. The Bertz CT molecular complexity index is 1630. The number of benzene rings is 4. The lowest BCUT2D eigenvalue weighted by atomic mass is 10.0. The lowest BCUT2D eigenvalue weighted by molar-refractivity contribution is -0.140. The number of carbonyl (C=O) groups is 2. The van der Waals surface area contributed by atoms with E-state index in [0.717, 1.165) is 9.87 Å². The molecule has 4 rings (SSSR count). The second-order valence-corrected chi connectivity index (χ2v) is 13.1. The van der Waals surface area contributed by atoms with Gasteiger partial charge in [-0.25, -0.2) is 8.42 Å². The van der Waals surface area contributed by atoms with Crippen LogP contribution < -0.4 is 9.62 Å². The van der Waals surface area contributed by atoms with Crippen LogP contribution in [0, 0.1) is 0 Å². The van der Waals surface area contributed by atoms with Gasteiger partial charge in [0.1, 0.15) is 12.6 Å². The molecule has 0 saturated carbocycles. The molecule has 0 radical (unpaired) electrons. The third kappa shape index (κ3) is 8.60. The largest absolute Gasteiger partial charge is 0.352 e. The minimum Gasteiger partial charge on any atom is -0.352 e. The summed E-state index contributed by atoms with van der Waals surface area (Å²) in [5, 5.41) is 3.83. The van der Waals surface area contributed by atoms with Gasteiger partial charge < -0.3 is 10.2 Å². The number of nitrogens with zero attached hydrogens (tertiary/aromatic N) is 2. The van der Waals surface area contributed by atoms with Gasteiger partial charge in [0.15, 0.2) is 0 Å². The maximum absolute atomic E-state index is 14.4. The number of sulfonamides is 1. The molecule has 0 saturated heterocycles. The molecule has 2 amide bonds. The molecule has 0 aromatic heterocycles. The Morgan fingerprint density at radius 3 is 1.98 bits per heavy atom. The Hall–Kier alpha value is -3.85. The van der Waals surface area contributed by atoms with E-state index >= 15 is 0 Å². The van der Waals surface area contributed by atoms with Crippen molar-refractivity contribution in [2.45, 2.75) is 43.8 Å². The number of rotatable bonds is 12. The van der Waals surface area contributed by atoms with Crippen LogP contribution in [0.1, 0.15) is 25.0 Å². The topological polar surface area (TPSA) is 86.8 Å². The van der Waals surface area contributed by atoms with E-state index < -0.39 is 28.5 Å². The average Bonchev–Trinajstić information content (AvgIpc) is 2.98. The third-order valence-electron chi connectivity index (χ3n) is 6.67. The molecule has 10 heteroatoms. The van der Waals surface area contributed by atoms with E-state index in [4.69, 9.17) is 23.2 Å². The number of hydrogen-bond acceptors (Lipinski definition) is 4. The van der Waals surface area contributed by atoms with Crippen molar-refractivity contribution in [3.05, 3.63) is 130 Å². The van der Waals surface area contributed by atoms with Crippen molar-refractivity contribution in [1.82, 2.24) is 10.2 Å². The van der Waals surface area contributed by atoms with Crippen molar-refractivity contribution in [2.75, 3.05) is 10.8 Å². The lowest BCUT2D eigenvalue weighted by Gasteiger charge is -2.34. The van der Waals surface area contributed by atoms with E-state index in [2.05, 4.69) is 5.32 Å². The SMILES string of the molecule is CC(C)NC(=O)C(Cc1ccccc1)N(Cc1cccc(Cl)c1)C(=O)CN(c1ccc(Cl)cc1)S(=O)(=O)c1ccccc1. The highest BCUT2D eigenvalue weighted by Gasteiger charge is 2.34. The molecule has 0 aliphatic carbocycles. The summed E-state index contributed by atoms with van der Waals surface area (Å²) in [4.78, 5) is 29.5. The van der Waals surface area contributed by atoms with Gasteiger partial charge in [-0.1, -0.05) is 83.9 Å². The summed E-state index contributed by atoms with van der Waals surface area (Å²) in [6.45, 7) is 3.16. The van der Waals surface area contributed by atoms with Crippen LogP contribution in [0.4, 0.5) is 5.69 Å². The van der Waals surface area contributed by atoms with E-state index in [-0.39, 0.29) is 35.5 Å². The van der Waals surface area contributed by atoms with Crippen molar-refractivity contribution in [3.8, 4) is 0 Å². The Morgan fingerprint density at radius 1 is 0.767 bits per heavy atom. The van der Waals surface area contributed by atoms with E-state index in [0.29, 0.717) is 15.6 Å². The first-order valence-corrected chi connectivity index (χ1v) is 16.0. The molecule has 1 atom stereocenters. The summed E-state index contributed by atoms with van der Waals surface area (Å²) < 4.78 is 28.9. The molecule has 0 heterocycles. The van der Waals surface area contributed by atoms with Crippen LogP contribution in [0.25, 0.3) is 0 Å². The highest BCUT2D eigenvalue weighted by molar-refractivity contribution is 7.92. The molecule has 4 aromatic carbocycles. The Labute approximate surface area is 263 Å². The van der Waals surface area contributed by atoms with Crippen LogP contribution in [0.3, 0.4) is 0 Å². The quantitative estimate of drug-likeness (QED) is 0.196. The van der Waals surface area contributed by atoms with E-state index in [1.54, 1.807) is 60.7 Å². The monoisotopic (exact) mass is 637 g/mol. The molecule has 43 heavy (non-hydrogen) atoms. The van der Waals surface area contributed by atoms with Crippen molar-refractivity contribution < 1.29 is 18.0 Å². The summed E-state index contributed by atoms with van der Waals surface area (Å²) in [5.74, 6) is -0.910. The third-order valence-corrected chi connectivity index (χ3v) is 8.94. The second kappa shape index (κ2) is 14.6. The zero-order chi connectivity index (χ0) is 31.0. The molecule has 224 valence electrons. The number of nitrogens with one attached hydrogen (secondary N) is 1. The normalized spacial score (nSPS) is 12.0. The van der Waals surface area contributed by atoms with E-state index in [9.17, 15) is 18.0 Å². The first-order valence-electron chi connectivity index (χ1n) is 13.8. The predicted molar refractivity (Wildman–Crippen MR) is 172 cm³/mol. The van der Waals surface area contributed by atoms with Crippen molar-refractivity contribution >= 4 is 50.7 Å². The maximum Gasteiger partial charge on any atom is 0.264 e. The Balaban J connectivity index is 1.79. The van der Waals surface area contributed by atoms with Gasteiger partial charge in [0, 0.05) is 29.1 Å². The number of carbonyl (C=O) groups excluding carboxylic acids is 2. The smallest absolute Gasteiger partial charge is 0.264 e. The fourth-order valence-electron chi connectivity index (χ4n) is 4.62. The van der Waals surface area contributed by atoms with Crippen LogP contribution >= 0.6 is 23.2 Å². The Kier molecular flexibility index (Phi) is 10.9. The lowest BCUT2D eigenvalue weighted by Crippen LogP contribution is -2.54. The fraction of sp³-hybridized carbons (Fsp3) is 0.212. The summed E-state index contributed by atoms with van der Waals surface area (Å²) in [6.07, 6.45) is 0.220. The summed E-state index contributed by atoms with van der Waals surface area (Å²) in [6, 6.07) is 29.4. The second-order valence-electron chi connectivity index (χ2n) is 10.3. The number of amides is 2. The number of halogens is 2. The molecular formula is C33H33Cl2N3O4S. The molecule has 0 fully saturated rings. The standard InChI is InChI=1S/C33H33Cl2N3O4S/c1-24(2)36-33(40)31(21-25-10-5-3-6-11-25)37(22-26-12-9-13-28(35)20-26)32(39)23-38(29-18-16-27(34)17-19-29)43(41,42)30-14-7-4-8-15-30/h3-20,24,31H,21-23H2,1-2H3,(H,36,40). The van der Waals surface area contributed by atoms with Crippen LogP contribution in [0.2, 0.25) is 10.0 Å². The minimum absolute atomic E-state index is 0.0255. The van der Waals surface area contributed by atoms with Crippen LogP contribution in [-0.2, 0) is 32.6 Å². The van der Waals surface area contributed by atoms with Gasteiger partial charge in [0.25, 0.3) is 10.0 Å². The molecule has 0 aliphatic heterocycles. The number of hydrogen-bond donors (Lipinski definition) is 1. The van der Waals surface area contributed by atoms with Crippen LogP contribution in [-0.4, -0.2) is 43.8 Å². The van der Waals surface area contributed by atoms with Gasteiger partial charge in [0.05, 0.1) is 10.6 Å². The molecule has 4 aromatic rings.